The Balaban J connectivity index is 1.34. The molecule has 2 amide bonds. The van der Waals surface area contributed by atoms with Crippen LogP contribution in [0.3, 0.4) is 0 Å². The normalized spacial score (nSPS) is 42.4. The summed E-state index contributed by atoms with van der Waals surface area (Å²) in [6.07, 6.45) is 3.66. The number of piperidine rings is 1. The van der Waals surface area contributed by atoms with Gasteiger partial charge in [-0.05, 0) is 78.3 Å². The summed E-state index contributed by atoms with van der Waals surface area (Å²) in [5.74, 6) is -7.94. The monoisotopic (exact) mass is 1130 g/mol. The second kappa shape index (κ2) is 32.7. The van der Waals surface area contributed by atoms with Gasteiger partial charge in [0.2, 0.25) is 11.8 Å². The molecule has 22 heteroatoms. The lowest BCUT2D eigenvalue weighted by Crippen LogP contribution is -2.65. The molecule has 5 rings (SSSR count). The number of amides is 2. The van der Waals surface area contributed by atoms with Crippen LogP contribution >= 0.6 is 0 Å². The maximum atomic E-state index is 13.6. The maximum absolute atomic E-state index is 13.6. The van der Waals surface area contributed by atoms with E-state index in [0.29, 0.717) is 6.54 Å². The van der Waals surface area contributed by atoms with Crippen molar-refractivity contribution in [3.05, 3.63) is 72.9 Å². The molecule has 5 aliphatic heterocycles. The number of carboxylic acid groups (broad SMARTS) is 1. The first-order valence-electron chi connectivity index (χ1n) is 28.5. The van der Waals surface area contributed by atoms with Gasteiger partial charge in [0.1, 0.15) is 18.1 Å². The standard InChI is InChI=1S/C58H91N3O19/c1-35-20-16-13-11-9-7-5-6-8-10-12-14-17-21-42(79-57-54(72)51(53(71)38(4)78-57)59-43-32-48(68)61(55(43)73)27-26-60-24-18-15-19-25-60)31-47-50(56(74)75)46(67)34-58(76,80-47)33-45(66)44(65)23-22-39(62)28-40(63)29-41(64)30-49(69)77-37(3)36(2)52(35)70/h5-6,8,10-14,16-17,20-21,35-47,50-54,57,59,62-67,70-72,76H,7,9,15,18-19,22-34H2,1-4H3,(H,74,75)/b6-5+,10-8+,13-11+,14-12+,20-16+,21-17+/t35-,36-,37-,38+,39+,40+,41+,42-,43?,44+,45+,46-,47-,50+,51-,52+,53+,54-,57+,58+/m0/s1. The largest absolute Gasteiger partial charge is 0.481 e. The number of fused-ring (bicyclic) bond motifs is 2. The van der Waals surface area contributed by atoms with Gasteiger partial charge >= 0.3 is 11.9 Å². The zero-order valence-electron chi connectivity index (χ0n) is 46.7. The first kappa shape index (κ1) is 66.7. The van der Waals surface area contributed by atoms with Crippen LogP contribution in [0.1, 0.15) is 118 Å². The van der Waals surface area contributed by atoms with Crippen LogP contribution in [0.5, 0.6) is 0 Å². The van der Waals surface area contributed by atoms with Gasteiger partial charge in [-0.3, -0.25) is 29.4 Å². The number of aliphatic hydroxyl groups is 10. The fourth-order valence-electron chi connectivity index (χ4n) is 11.0. The molecule has 0 saturated carbocycles. The summed E-state index contributed by atoms with van der Waals surface area (Å²) < 4.78 is 23.8. The number of carboxylic acids is 1. The molecule has 20 atom stereocenters. The number of aliphatic carboxylic acids is 1. The number of ether oxygens (including phenoxy) is 4. The second-order valence-corrected chi connectivity index (χ2v) is 22.5. The van der Waals surface area contributed by atoms with Crippen molar-refractivity contribution >= 4 is 23.8 Å². The average Bonchev–Trinajstić information content (AvgIpc) is 3.66. The van der Waals surface area contributed by atoms with Gasteiger partial charge in [0.05, 0.1) is 92.1 Å². The van der Waals surface area contributed by atoms with Gasteiger partial charge in [0.15, 0.2) is 12.1 Å². The predicted octanol–water partition coefficient (Wildman–Crippen LogP) is 1.18. The molecule has 1 unspecified atom stereocenters. The number of nitrogens with one attached hydrogen (secondary N) is 1. The maximum Gasteiger partial charge on any atom is 0.311 e. The number of likely N-dealkylation sites (tertiary alicyclic amines) is 2. The van der Waals surface area contributed by atoms with E-state index in [4.69, 9.17) is 18.9 Å². The molecule has 4 fully saturated rings. The Morgan fingerprint density at radius 2 is 1.31 bits per heavy atom. The van der Waals surface area contributed by atoms with Crippen molar-refractivity contribution in [2.24, 2.45) is 17.8 Å². The van der Waals surface area contributed by atoms with Crippen LogP contribution in [-0.4, -0.2) is 219 Å². The Labute approximate surface area is 469 Å². The third kappa shape index (κ3) is 20.7. The van der Waals surface area contributed by atoms with Crippen LogP contribution in [-0.2, 0) is 38.1 Å². The minimum absolute atomic E-state index is 0.166. The van der Waals surface area contributed by atoms with Crippen LogP contribution in [0.25, 0.3) is 0 Å². The van der Waals surface area contributed by atoms with Crippen molar-refractivity contribution in [2.45, 2.75) is 221 Å². The summed E-state index contributed by atoms with van der Waals surface area (Å²) in [5, 5.41) is 125. The van der Waals surface area contributed by atoms with Crippen LogP contribution < -0.4 is 5.32 Å². The molecule has 12 N–H and O–H groups in total. The number of esters is 1. The van der Waals surface area contributed by atoms with Gasteiger partial charge in [-0.25, -0.2) is 0 Å². The Morgan fingerprint density at radius 1 is 0.688 bits per heavy atom. The zero-order chi connectivity index (χ0) is 58.7. The van der Waals surface area contributed by atoms with E-state index in [1.165, 1.54) is 17.9 Å². The van der Waals surface area contributed by atoms with E-state index in [0.717, 1.165) is 45.2 Å². The van der Waals surface area contributed by atoms with E-state index in [2.05, 4.69) is 10.2 Å². The van der Waals surface area contributed by atoms with E-state index in [-0.39, 0.29) is 44.6 Å². The van der Waals surface area contributed by atoms with Crippen LogP contribution in [0.4, 0.5) is 0 Å². The number of hydrogen-bond donors (Lipinski definition) is 12. The molecule has 22 nitrogen and oxygen atoms in total. The second-order valence-electron chi connectivity index (χ2n) is 22.5. The summed E-state index contributed by atoms with van der Waals surface area (Å²) >= 11 is 0. The molecule has 452 valence electrons. The van der Waals surface area contributed by atoms with Crippen LogP contribution in [0.2, 0.25) is 0 Å². The lowest BCUT2D eigenvalue weighted by atomic mass is 9.82. The van der Waals surface area contributed by atoms with Crippen molar-refractivity contribution in [1.82, 2.24) is 15.1 Å². The van der Waals surface area contributed by atoms with Crippen molar-refractivity contribution in [2.75, 3.05) is 26.2 Å². The number of aliphatic hydroxyl groups excluding tert-OH is 9. The summed E-state index contributed by atoms with van der Waals surface area (Å²) in [7, 11) is 0. The smallest absolute Gasteiger partial charge is 0.311 e. The molecular formula is C58H91N3O19. The van der Waals surface area contributed by atoms with Crippen molar-refractivity contribution < 1.29 is 94.3 Å². The lowest BCUT2D eigenvalue weighted by Gasteiger charge is -2.46. The summed E-state index contributed by atoms with van der Waals surface area (Å²) in [4.78, 5) is 55.6. The molecular weight excluding hydrogens is 1040 g/mol. The molecule has 0 radical (unpaired) electrons. The molecule has 5 aliphatic rings. The molecule has 4 saturated heterocycles. The van der Waals surface area contributed by atoms with Crippen molar-refractivity contribution in [3.8, 4) is 0 Å². The van der Waals surface area contributed by atoms with E-state index in [9.17, 15) is 75.3 Å². The minimum atomic E-state index is -2.42. The molecule has 80 heavy (non-hydrogen) atoms. The highest BCUT2D eigenvalue weighted by Gasteiger charge is 2.52. The first-order chi connectivity index (χ1) is 38.0. The number of carbonyl (C=O) groups is 4. The number of allylic oxidation sites excluding steroid dienone is 10. The van der Waals surface area contributed by atoms with Crippen molar-refractivity contribution in [3.63, 3.8) is 0 Å². The lowest BCUT2D eigenvalue weighted by molar-refractivity contribution is -0.310. The van der Waals surface area contributed by atoms with E-state index in [1.807, 2.05) is 43.4 Å². The van der Waals surface area contributed by atoms with Gasteiger partial charge in [0.25, 0.3) is 0 Å². The zero-order valence-corrected chi connectivity index (χ0v) is 46.7. The quantitative estimate of drug-likeness (QED) is 0.120. The summed E-state index contributed by atoms with van der Waals surface area (Å²) in [6.45, 7) is 9.24. The molecule has 5 heterocycles. The highest BCUT2D eigenvalue weighted by molar-refractivity contribution is 6.05. The molecule has 0 aromatic rings. The number of hydrogen-bond acceptors (Lipinski definition) is 20. The highest BCUT2D eigenvalue weighted by atomic mass is 16.7. The average molecular weight is 1130 g/mol. The van der Waals surface area contributed by atoms with Gasteiger partial charge in [-0.2, -0.15) is 0 Å². The third-order valence-corrected chi connectivity index (χ3v) is 15.9. The fourth-order valence-corrected chi connectivity index (χ4v) is 11.0. The Hall–Kier alpha value is -4.08. The van der Waals surface area contributed by atoms with Gasteiger partial charge in [0, 0.05) is 44.2 Å². The Morgan fingerprint density at radius 3 is 2.00 bits per heavy atom. The highest BCUT2D eigenvalue weighted by Crippen LogP contribution is 2.38. The van der Waals surface area contributed by atoms with Crippen LogP contribution in [0.15, 0.2) is 72.9 Å². The van der Waals surface area contributed by atoms with Gasteiger partial charge in [-0.15, -0.1) is 0 Å². The minimum Gasteiger partial charge on any atom is -0.481 e. The predicted molar refractivity (Wildman–Crippen MR) is 291 cm³/mol. The van der Waals surface area contributed by atoms with E-state index >= 15 is 0 Å². The topological polar surface area (TPSA) is 346 Å². The van der Waals surface area contributed by atoms with Gasteiger partial charge < -0.3 is 80.0 Å². The SMILES string of the molecule is C[C@@H]1[C@H](O)[C@@H](C)/C=C/C=C/CC/C=C/C=C/C=C/C=C/[C@H](O[C@H]2O[C@H](C)[C@@H](O)[C@H](NC3CC(=O)N(CCN4CCCCC4)C3=O)[C@@H]2O)C[C@@H]2O[C@](O)(C[C@@H](O)[C@H](O)CC[C@@H](O)C[C@@H](O)C[C@@H](O)CC(=O)O[C@H]1C)C[C@H](O)[C@H]2C(=O)O. The molecule has 0 aromatic carbocycles. The van der Waals surface area contributed by atoms with Gasteiger partial charge in [-0.1, -0.05) is 93.2 Å². The Bertz CT molecular complexity index is 2130. The summed E-state index contributed by atoms with van der Waals surface area (Å²) in [6, 6.07) is -2.32. The van der Waals surface area contributed by atoms with Crippen molar-refractivity contribution in [1.29, 1.82) is 0 Å². The molecule has 0 aromatic heterocycles. The molecule has 0 spiro atoms. The van der Waals surface area contributed by atoms with Crippen LogP contribution in [0, 0.1) is 17.8 Å². The fraction of sp³-hybridized carbons (Fsp3) is 0.724. The first-order valence-corrected chi connectivity index (χ1v) is 28.5. The third-order valence-electron chi connectivity index (χ3n) is 15.9. The summed E-state index contributed by atoms with van der Waals surface area (Å²) in [5.41, 5.74) is 0. The van der Waals surface area contributed by atoms with E-state index in [1.54, 1.807) is 44.2 Å². The number of nitrogens with zero attached hydrogens (tertiary/aromatic N) is 2. The number of cyclic esters (lactones) is 1. The number of rotatable bonds is 8. The Kier molecular flexibility index (Phi) is 27.3. The van der Waals surface area contributed by atoms with E-state index < -0.39 is 165 Å². The molecule has 0 aliphatic carbocycles. The number of imide groups is 1. The molecule has 2 bridgehead atoms. The number of carbonyl (C=O) groups excluding carboxylic acids is 3.